The third kappa shape index (κ3) is 4.58. The Labute approximate surface area is 121 Å². The summed E-state index contributed by atoms with van der Waals surface area (Å²) in [5, 5.41) is 11.3. The van der Waals surface area contributed by atoms with Crippen LogP contribution in [0.2, 0.25) is 0 Å². The fourth-order valence-electron chi connectivity index (χ4n) is 1.35. The molecule has 2 N–H and O–H groups in total. The Bertz CT molecular complexity index is 594. The molecule has 0 spiro atoms. The second kappa shape index (κ2) is 6.82. The lowest BCUT2D eigenvalue weighted by Gasteiger charge is -2.15. The smallest absolute Gasteiger partial charge is 0.345 e. The summed E-state index contributed by atoms with van der Waals surface area (Å²) in [5.41, 5.74) is 0. The molecule has 20 heavy (non-hydrogen) atoms. The standard InChI is InChI=1S/C11H16N2O5S2/c1-3-20(17,18)13(2)7-10(14)12-6-8-4-5-9(19-8)11(15)16/h4-5H,3,6-7H2,1-2H3,(H,12,14)(H,15,16). The number of carbonyl (C=O) groups is 2. The van der Waals surface area contributed by atoms with Crippen molar-refractivity contribution in [1.82, 2.24) is 9.62 Å². The van der Waals surface area contributed by atoms with Crippen molar-refractivity contribution < 1.29 is 23.1 Å². The number of carboxylic acid groups (broad SMARTS) is 1. The maximum Gasteiger partial charge on any atom is 0.345 e. The number of aromatic carboxylic acids is 1. The molecule has 9 heteroatoms. The minimum absolute atomic E-state index is 0.0658. The van der Waals surface area contributed by atoms with Crippen molar-refractivity contribution in [2.24, 2.45) is 0 Å². The quantitative estimate of drug-likeness (QED) is 0.754. The van der Waals surface area contributed by atoms with Crippen LogP contribution in [0, 0.1) is 0 Å². The van der Waals surface area contributed by atoms with Crippen LogP contribution in [0.15, 0.2) is 12.1 Å². The largest absolute Gasteiger partial charge is 0.477 e. The first-order valence-electron chi connectivity index (χ1n) is 5.79. The number of carbonyl (C=O) groups excluding carboxylic acids is 1. The molecule has 0 radical (unpaired) electrons. The molecule has 0 saturated carbocycles. The van der Waals surface area contributed by atoms with Gasteiger partial charge in [-0.25, -0.2) is 13.2 Å². The molecule has 112 valence electrons. The second-order valence-corrected chi connectivity index (χ2v) is 7.54. The molecule has 0 fully saturated rings. The zero-order valence-electron chi connectivity index (χ0n) is 11.1. The van der Waals surface area contributed by atoms with Gasteiger partial charge in [-0.15, -0.1) is 11.3 Å². The first-order chi connectivity index (χ1) is 9.26. The molecule has 1 heterocycles. The molecule has 0 atom stereocenters. The molecule has 1 aromatic heterocycles. The number of likely N-dealkylation sites (N-methyl/N-ethyl adjacent to an activating group) is 1. The number of thiophene rings is 1. The van der Waals surface area contributed by atoms with E-state index in [1.54, 1.807) is 6.07 Å². The number of hydrogen-bond acceptors (Lipinski definition) is 5. The van der Waals surface area contributed by atoms with E-state index in [1.807, 2.05) is 0 Å². The molecular weight excluding hydrogens is 304 g/mol. The molecule has 1 amide bonds. The SMILES string of the molecule is CCS(=O)(=O)N(C)CC(=O)NCc1ccc(C(=O)O)s1. The van der Waals surface area contributed by atoms with E-state index in [0.29, 0.717) is 4.88 Å². The summed E-state index contributed by atoms with van der Waals surface area (Å²) >= 11 is 1.07. The normalized spacial score (nSPS) is 11.6. The van der Waals surface area contributed by atoms with Crippen molar-refractivity contribution in [1.29, 1.82) is 0 Å². The van der Waals surface area contributed by atoms with Crippen LogP contribution in [-0.2, 0) is 21.4 Å². The van der Waals surface area contributed by atoms with Gasteiger partial charge in [-0.1, -0.05) is 0 Å². The van der Waals surface area contributed by atoms with Crippen molar-refractivity contribution >= 4 is 33.2 Å². The van der Waals surface area contributed by atoms with Crippen LogP contribution in [0.1, 0.15) is 21.5 Å². The summed E-state index contributed by atoms with van der Waals surface area (Å²) < 4.78 is 23.9. The van der Waals surface area contributed by atoms with Gasteiger partial charge >= 0.3 is 5.97 Å². The minimum atomic E-state index is -3.39. The number of amides is 1. The van der Waals surface area contributed by atoms with Crippen molar-refractivity contribution in [3.05, 3.63) is 21.9 Å². The van der Waals surface area contributed by atoms with E-state index in [1.165, 1.54) is 20.0 Å². The summed E-state index contributed by atoms with van der Waals surface area (Å²) in [4.78, 5) is 23.2. The molecule has 0 aliphatic rings. The highest BCUT2D eigenvalue weighted by Gasteiger charge is 2.18. The first kappa shape index (κ1) is 16.6. The van der Waals surface area contributed by atoms with Gasteiger partial charge in [-0.05, 0) is 19.1 Å². The van der Waals surface area contributed by atoms with Gasteiger partial charge in [0.05, 0.1) is 18.8 Å². The molecule has 1 rings (SSSR count). The molecular formula is C11H16N2O5S2. The molecule has 7 nitrogen and oxygen atoms in total. The van der Waals surface area contributed by atoms with Crippen molar-refractivity contribution in [2.75, 3.05) is 19.3 Å². The van der Waals surface area contributed by atoms with Crippen LogP contribution in [-0.4, -0.2) is 49.1 Å². The van der Waals surface area contributed by atoms with Gasteiger partial charge in [-0.2, -0.15) is 4.31 Å². The average Bonchev–Trinajstić information content (AvgIpc) is 2.85. The van der Waals surface area contributed by atoms with E-state index in [2.05, 4.69) is 5.32 Å². The van der Waals surface area contributed by atoms with Gasteiger partial charge in [0, 0.05) is 11.9 Å². The number of hydrogen-bond donors (Lipinski definition) is 2. The van der Waals surface area contributed by atoms with E-state index in [9.17, 15) is 18.0 Å². The lowest BCUT2D eigenvalue weighted by Crippen LogP contribution is -2.38. The third-order valence-corrected chi connectivity index (χ3v) is 5.42. The van der Waals surface area contributed by atoms with Gasteiger partial charge in [0.2, 0.25) is 15.9 Å². The number of nitrogens with zero attached hydrogens (tertiary/aromatic N) is 1. The van der Waals surface area contributed by atoms with Crippen LogP contribution in [0.25, 0.3) is 0 Å². The second-order valence-electron chi connectivity index (χ2n) is 4.00. The Morgan fingerprint density at radius 1 is 1.40 bits per heavy atom. The van der Waals surface area contributed by atoms with Crippen LogP contribution in [0.5, 0.6) is 0 Å². The van der Waals surface area contributed by atoms with Gasteiger partial charge in [0.25, 0.3) is 0 Å². The summed E-state index contributed by atoms with van der Waals surface area (Å²) in [6, 6.07) is 3.07. The van der Waals surface area contributed by atoms with E-state index in [0.717, 1.165) is 15.6 Å². The number of nitrogens with one attached hydrogen (secondary N) is 1. The maximum atomic E-state index is 11.6. The monoisotopic (exact) mass is 320 g/mol. The Kier molecular flexibility index (Phi) is 5.66. The van der Waals surface area contributed by atoms with E-state index in [-0.39, 0.29) is 23.7 Å². The zero-order valence-corrected chi connectivity index (χ0v) is 12.8. The summed E-state index contributed by atoms with van der Waals surface area (Å²) in [6.45, 7) is 1.42. The fraction of sp³-hybridized carbons (Fsp3) is 0.455. The maximum absolute atomic E-state index is 11.6. The Hall–Kier alpha value is -1.45. The van der Waals surface area contributed by atoms with E-state index in [4.69, 9.17) is 5.11 Å². The summed E-state index contributed by atoms with van der Waals surface area (Å²) in [6.07, 6.45) is 0. The van der Waals surface area contributed by atoms with Crippen LogP contribution >= 0.6 is 11.3 Å². The fourth-order valence-corrected chi connectivity index (χ4v) is 2.89. The lowest BCUT2D eigenvalue weighted by atomic mass is 10.4. The predicted molar refractivity (Wildman–Crippen MR) is 75.2 cm³/mol. The number of carboxylic acids is 1. The minimum Gasteiger partial charge on any atom is -0.477 e. The van der Waals surface area contributed by atoms with Crippen LogP contribution in [0.4, 0.5) is 0 Å². The van der Waals surface area contributed by atoms with Gasteiger partial charge in [0.1, 0.15) is 4.88 Å². The van der Waals surface area contributed by atoms with Crippen molar-refractivity contribution in [3.63, 3.8) is 0 Å². The van der Waals surface area contributed by atoms with Crippen molar-refractivity contribution in [2.45, 2.75) is 13.5 Å². The average molecular weight is 320 g/mol. The molecule has 0 unspecified atom stereocenters. The zero-order chi connectivity index (χ0) is 15.3. The highest BCUT2D eigenvalue weighted by molar-refractivity contribution is 7.89. The van der Waals surface area contributed by atoms with Crippen molar-refractivity contribution in [3.8, 4) is 0 Å². The summed E-state index contributed by atoms with van der Waals surface area (Å²) in [5.74, 6) is -1.51. The molecule has 0 bridgehead atoms. The van der Waals surface area contributed by atoms with Gasteiger partial charge < -0.3 is 10.4 Å². The topological polar surface area (TPSA) is 104 Å². The van der Waals surface area contributed by atoms with E-state index >= 15 is 0 Å². The van der Waals surface area contributed by atoms with Crippen LogP contribution in [0.3, 0.4) is 0 Å². The highest BCUT2D eigenvalue weighted by atomic mass is 32.2. The van der Waals surface area contributed by atoms with Gasteiger partial charge in [-0.3, -0.25) is 4.79 Å². The molecule has 0 aliphatic carbocycles. The third-order valence-electron chi connectivity index (χ3n) is 2.54. The Morgan fingerprint density at radius 3 is 2.55 bits per heavy atom. The Balaban J connectivity index is 2.49. The number of rotatable bonds is 7. The summed E-state index contributed by atoms with van der Waals surface area (Å²) in [7, 11) is -2.05. The molecule has 0 aromatic carbocycles. The molecule has 0 aliphatic heterocycles. The van der Waals surface area contributed by atoms with Gasteiger partial charge in [0.15, 0.2) is 0 Å². The molecule has 0 saturated heterocycles. The highest BCUT2D eigenvalue weighted by Crippen LogP contribution is 2.15. The Morgan fingerprint density at radius 2 is 2.05 bits per heavy atom. The molecule has 1 aromatic rings. The predicted octanol–water partition coefficient (Wildman–Crippen LogP) is 0.344. The van der Waals surface area contributed by atoms with Crippen LogP contribution < -0.4 is 5.32 Å². The number of sulfonamides is 1. The van der Waals surface area contributed by atoms with E-state index < -0.39 is 21.9 Å². The lowest BCUT2D eigenvalue weighted by molar-refractivity contribution is -0.121. The first-order valence-corrected chi connectivity index (χ1v) is 8.21.